The number of nitrogens with one attached hydrogen (secondary N) is 3. The monoisotopic (exact) mass is 686 g/mol. The third-order valence-corrected chi connectivity index (χ3v) is 8.18. The molecule has 11 nitrogen and oxygen atoms in total. The lowest BCUT2D eigenvalue weighted by molar-refractivity contribution is -0.131. The summed E-state index contributed by atoms with van der Waals surface area (Å²) >= 11 is 0. The second-order valence-electron chi connectivity index (χ2n) is 13.6. The number of alkyl carbamates (subject to hydrolysis) is 1. The van der Waals surface area contributed by atoms with Crippen molar-refractivity contribution in [2.75, 3.05) is 13.1 Å². The number of rotatable bonds is 14. The number of ether oxygens (including phenoxy) is 3. The van der Waals surface area contributed by atoms with Gasteiger partial charge < -0.3 is 30.2 Å². The molecule has 1 fully saturated rings. The molecule has 0 radical (unpaired) electrons. The highest BCUT2D eigenvalue weighted by Gasteiger charge is 2.38. The predicted molar refractivity (Wildman–Crippen MR) is 190 cm³/mol. The van der Waals surface area contributed by atoms with E-state index in [2.05, 4.69) is 16.0 Å². The van der Waals surface area contributed by atoms with Crippen molar-refractivity contribution < 1.29 is 33.4 Å². The average Bonchev–Trinajstić information content (AvgIpc) is 3.58. The van der Waals surface area contributed by atoms with Gasteiger partial charge in [-0.15, -0.1) is 0 Å². The summed E-state index contributed by atoms with van der Waals surface area (Å²) in [5.41, 5.74) is 4.02. The van der Waals surface area contributed by atoms with Crippen molar-refractivity contribution in [3.05, 3.63) is 101 Å². The maximum atomic E-state index is 13.6. The topological polar surface area (TPSA) is 135 Å². The van der Waals surface area contributed by atoms with E-state index in [-0.39, 0.29) is 32.0 Å². The Morgan fingerprint density at radius 3 is 2.10 bits per heavy atom. The Hall–Kier alpha value is -5.06. The van der Waals surface area contributed by atoms with E-state index in [1.807, 2.05) is 86.6 Å². The van der Waals surface area contributed by atoms with Gasteiger partial charge in [0.25, 0.3) is 0 Å². The number of hydrogen-bond acceptors (Lipinski definition) is 7. The molecule has 0 aromatic heterocycles. The molecule has 0 saturated carbocycles. The number of aryl methyl sites for hydroxylation is 2. The van der Waals surface area contributed by atoms with Crippen LogP contribution in [0.3, 0.4) is 0 Å². The summed E-state index contributed by atoms with van der Waals surface area (Å²) in [6, 6.07) is 21.6. The summed E-state index contributed by atoms with van der Waals surface area (Å²) in [7, 11) is 0. The Morgan fingerprint density at radius 2 is 1.48 bits per heavy atom. The maximum Gasteiger partial charge on any atom is 0.410 e. The predicted octanol–water partition coefficient (Wildman–Crippen LogP) is 6.09. The largest absolute Gasteiger partial charge is 0.488 e. The minimum absolute atomic E-state index is 0.141. The zero-order chi connectivity index (χ0) is 36.1. The number of benzene rings is 3. The van der Waals surface area contributed by atoms with E-state index in [1.165, 1.54) is 4.90 Å². The van der Waals surface area contributed by atoms with Crippen LogP contribution in [0.15, 0.2) is 72.8 Å². The van der Waals surface area contributed by atoms with E-state index in [1.54, 1.807) is 20.8 Å². The normalized spacial score (nSPS) is 14.7. The van der Waals surface area contributed by atoms with Crippen LogP contribution in [-0.2, 0) is 38.8 Å². The first kappa shape index (κ1) is 37.8. The van der Waals surface area contributed by atoms with Gasteiger partial charge in [-0.1, -0.05) is 72.8 Å². The molecule has 1 saturated heterocycles. The molecule has 3 aromatic carbocycles. The Bertz CT molecular complexity index is 1570. The zero-order valence-corrected chi connectivity index (χ0v) is 29.8. The molecule has 1 unspecified atom stereocenters. The van der Waals surface area contributed by atoms with Crippen molar-refractivity contribution >= 4 is 24.0 Å². The molecule has 50 heavy (non-hydrogen) atoms. The van der Waals surface area contributed by atoms with Gasteiger partial charge >= 0.3 is 12.2 Å². The van der Waals surface area contributed by atoms with Gasteiger partial charge in [0.05, 0.1) is 0 Å². The lowest BCUT2D eigenvalue weighted by Gasteiger charge is -2.29. The van der Waals surface area contributed by atoms with Crippen LogP contribution in [-0.4, -0.2) is 59.7 Å². The maximum absolute atomic E-state index is 13.6. The molecule has 1 heterocycles. The molecular formula is C39H50N4O7. The van der Waals surface area contributed by atoms with Gasteiger partial charge in [-0.2, -0.15) is 0 Å². The zero-order valence-electron chi connectivity index (χ0n) is 29.8. The Labute approximate surface area is 295 Å². The molecule has 3 N–H and O–H groups in total. The van der Waals surface area contributed by atoms with E-state index in [0.29, 0.717) is 32.4 Å². The molecule has 11 heteroatoms. The van der Waals surface area contributed by atoms with Gasteiger partial charge in [-0.05, 0) is 88.1 Å². The lowest BCUT2D eigenvalue weighted by atomic mass is 10.0. The first-order chi connectivity index (χ1) is 23.9. The van der Waals surface area contributed by atoms with Crippen LogP contribution in [0.1, 0.15) is 74.3 Å². The van der Waals surface area contributed by atoms with E-state index in [9.17, 15) is 19.2 Å². The third kappa shape index (κ3) is 11.8. The van der Waals surface area contributed by atoms with Crippen molar-refractivity contribution in [3.8, 4) is 5.75 Å². The fourth-order valence-electron chi connectivity index (χ4n) is 5.80. The van der Waals surface area contributed by atoms with Crippen LogP contribution in [0.25, 0.3) is 0 Å². The number of carbonyl (C=O) groups is 4. The summed E-state index contributed by atoms with van der Waals surface area (Å²) in [6.07, 6.45) is 0.625. The van der Waals surface area contributed by atoms with Crippen LogP contribution in [0.2, 0.25) is 0 Å². The molecule has 3 aromatic rings. The number of amides is 4. The summed E-state index contributed by atoms with van der Waals surface area (Å²) in [6.45, 7) is 10.7. The van der Waals surface area contributed by atoms with Crippen LogP contribution in [0.4, 0.5) is 9.59 Å². The standard InChI is InChI=1S/C39H50N4O7/c1-27-22-31(23-28(2)34(27)48-25-29-14-8-6-9-15-29)24-41-35(44)32(18-12-20-40-37(46)49-26-30-16-10-7-11-17-30)42-36(45)33-19-13-21-43(33)38(47)50-39(3,4)5/h6-11,14-17,22-23,32-33H,12-13,18-21,24-26H2,1-5H3,(H,40,46)(H,41,44)(H,42,45)/t32?,33-/m0/s1. The lowest BCUT2D eigenvalue weighted by Crippen LogP contribution is -2.53. The molecule has 268 valence electrons. The minimum Gasteiger partial charge on any atom is -0.488 e. The van der Waals surface area contributed by atoms with Gasteiger partial charge in [0, 0.05) is 19.6 Å². The summed E-state index contributed by atoms with van der Waals surface area (Å²) in [5, 5.41) is 8.55. The second kappa shape index (κ2) is 18.1. The molecular weight excluding hydrogens is 636 g/mol. The van der Waals surface area contributed by atoms with E-state index in [0.717, 1.165) is 33.6 Å². The highest BCUT2D eigenvalue weighted by molar-refractivity contribution is 5.91. The molecule has 1 aliphatic rings. The third-order valence-electron chi connectivity index (χ3n) is 8.18. The molecule has 2 atom stereocenters. The van der Waals surface area contributed by atoms with E-state index >= 15 is 0 Å². The van der Waals surface area contributed by atoms with Gasteiger partial charge in [-0.25, -0.2) is 9.59 Å². The number of hydrogen-bond donors (Lipinski definition) is 3. The fourth-order valence-corrected chi connectivity index (χ4v) is 5.80. The van der Waals surface area contributed by atoms with Crippen LogP contribution >= 0.6 is 0 Å². The Balaban J connectivity index is 1.36. The molecule has 4 rings (SSSR count). The van der Waals surface area contributed by atoms with Crippen molar-refractivity contribution in [3.63, 3.8) is 0 Å². The van der Waals surface area contributed by atoms with Crippen molar-refractivity contribution in [1.29, 1.82) is 0 Å². The highest BCUT2D eigenvalue weighted by Crippen LogP contribution is 2.26. The van der Waals surface area contributed by atoms with Crippen molar-refractivity contribution in [2.24, 2.45) is 0 Å². The van der Waals surface area contributed by atoms with Gasteiger partial charge in [-0.3, -0.25) is 14.5 Å². The summed E-state index contributed by atoms with van der Waals surface area (Å²) in [5.74, 6) is 0.0110. The molecule has 0 spiro atoms. The first-order valence-electron chi connectivity index (χ1n) is 17.2. The van der Waals surface area contributed by atoms with Gasteiger partial charge in [0.2, 0.25) is 11.8 Å². The SMILES string of the molecule is Cc1cc(CNC(=O)C(CCCNC(=O)OCc2ccccc2)NC(=O)[C@@H]2CCCN2C(=O)OC(C)(C)C)cc(C)c1OCc1ccccc1. The van der Waals surface area contributed by atoms with Crippen LogP contribution in [0.5, 0.6) is 5.75 Å². The van der Waals surface area contributed by atoms with Gasteiger partial charge in [0.1, 0.15) is 36.6 Å². The first-order valence-corrected chi connectivity index (χ1v) is 17.2. The molecule has 0 aliphatic carbocycles. The summed E-state index contributed by atoms with van der Waals surface area (Å²) in [4.78, 5) is 53.6. The number of carbonyl (C=O) groups excluding carboxylic acids is 4. The quantitative estimate of drug-likeness (QED) is 0.175. The highest BCUT2D eigenvalue weighted by atomic mass is 16.6. The van der Waals surface area contributed by atoms with Crippen molar-refractivity contribution in [2.45, 2.75) is 97.7 Å². The number of likely N-dealkylation sites (tertiary alicyclic amines) is 1. The Kier molecular flexibility index (Phi) is 13.7. The average molecular weight is 687 g/mol. The smallest absolute Gasteiger partial charge is 0.410 e. The molecule has 4 amide bonds. The van der Waals surface area contributed by atoms with Gasteiger partial charge in [0.15, 0.2) is 0 Å². The molecule has 1 aliphatic heterocycles. The van der Waals surface area contributed by atoms with Crippen molar-refractivity contribution in [1.82, 2.24) is 20.9 Å². The minimum atomic E-state index is -0.901. The van der Waals surface area contributed by atoms with E-state index in [4.69, 9.17) is 14.2 Å². The molecule has 0 bridgehead atoms. The number of nitrogens with zero attached hydrogens (tertiary/aromatic N) is 1. The Morgan fingerprint density at radius 1 is 0.860 bits per heavy atom. The second-order valence-corrected chi connectivity index (χ2v) is 13.6. The van der Waals surface area contributed by atoms with E-state index < -0.39 is 35.8 Å². The fraction of sp³-hybridized carbons (Fsp3) is 0.436. The summed E-state index contributed by atoms with van der Waals surface area (Å²) < 4.78 is 16.9. The van der Waals surface area contributed by atoms with Crippen LogP contribution < -0.4 is 20.7 Å². The van der Waals surface area contributed by atoms with Crippen LogP contribution in [0, 0.1) is 13.8 Å².